The fraction of sp³-hybridized carbons (Fsp3) is 0.417. The Labute approximate surface area is 101 Å². The Morgan fingerprint density at radius 1 is 1.12 bits per heavy atom. The smallest absolute Gasteiger partial charge is 0.417 e. The molecule has 0 spiro atoms. The molecule has 1 rings (SSSR count). The van der Waals surface area contributed by atoms with Crippen molar-refractivity contribution in [2.75, 3.05) is 6.61 Å². The van der Waals surface area contributed by atoms with Gasteiger partial charge in [-0.05, 0) is 24.6 Å². The molecule has 17 heavy (non-hydrogen) atoms. The van der Waals surface area contributed by atoms with E-state index in [1.165, 1.54) is 0 Å². The Hall–Kier alpha value is -1.91. The maximum absolute atomic E-state index is 11.0. The summed E-state index contributed by atoms with van der Waals surface area (Å²) in [7, 11) is 0. The molecule has 0 aromatic carbocycles. The van der Waals surface area contributed by atoms with Gasteiger partial charge in [-0.15, -0.1) is 0 Å². The van der Waals surface area contributed by atoms with Crippen LogP contribution < -0.4 is 0 Å². The third-order valence-electron chi connectivity index (χ3n) is 1.56. The normalized spacial score (nSPS) is 8.65. The van der Waals surface area contributed by atoms with Crippen LogP contribution in [0.2, 0.25) is 0 Å². The third-order valence-corrected chi connectivity index (χ3v) is 1.56. The average molecular weight is 239 g/mol. The Morgan fingerprint density at radius 2 is 1.65 bits per heavy atom. The van der Waals surface area contributed by atoms with Gasteiger partial charge in [0, 0.05) is 12.4 Å². The van der Waals surface area contributed by atoms with Gasteiger partial charge in [0.15, 0.2) is 0 Å². The van der Waals surface area contributed by atoms with Crippen molar-refractivity contribution in [1.29, 1.82) is 0 Å². The van der Waals surface area contributed by atoms with E-state index in [1.54, 1.807) is 31.5 Å². The molecule has 0 aliphatic rings. The number of nitrogens with zero attached hydrogens (tertiary/aromatic N) is 1. The second kappa shape index (κ2) is 9.33. The van der Waals surface area contributed by atoms with Crippen molar-refractivity contribution in [2.45, 2.75) is 27.4 Å². The van der Waals surface area contributed by atoms with Gasteiger partial charge in [-0.1, -0.05) is 13.8 Å². The van der Waals surface area contributed by atoms with Gasteiger partial charge in [-0.2, -0.15) is 0 Å². The molecule has 94 valence electrons. The summed E-state index contributed by atoms with van der Waals surface area (Å²) in [6.45, 7) is 5.82. The van der Waals surface area contributed by atoms with Gasteiger partial charge < -0.3 is 9.47 Å². The number of aromatic nitrogens is 1. The first kappa shape index (κ1) is 15.1. The number of esters is 2. The standard InChI is InChI=1S/C10H11NO4.C2H6/c1-2-14-9(12)10(13)15-7-8-3-5-11-6-4-8;1-2/h3-6H,2,7H2,1H3;1-2H3. The molecule has 0 saturated carbocycles. The number of ether oxygens (including phenoxy) is 2. The predicted molar refractivity (Wildman–Crippen MR) is 62.0 cm³/mol. The number of rotatable bonds is 3. The summed E-state index contributed by atoms with van der Waals surface area (Å²) in [5, 5.41) is 0. The lowest BCUT2D eigenvalue weighted by molar-refractivity contribution is -0.168. The topological polar surface area (TPSA) is 65.5 Å². The second-order valence-electron chi connectivity index (χ2n) is 2.65. The first-order valence-electron chi connectivity index (χ1n) is 5.46. The molecular weight excluding hydrogens is 222 g/mol. The SMILES string of the molecule is CC.CCOC(=O)C(=O)OCc1ccncc1. The van der Waals surface area contributed by atoms with Gasteiger partial charge in [0.1, 0.15) is 6.61 Å². The summed E-state index contributed by atoms with van der Waals surface area (Å²) < 4.78 is 9.17. The highest BCUT2D eigenvalue weighted by Gasteiger charge is 2.16. The minimum absolute atomic E-state index is 0.0418. The number of carbonyl (C=O) groups is 2. The summed E-state index contributed by atoms with van der Waals surface area (Å²) in [6.07, 6.45) is 3.15. The second-order valence-corrected chi connectivity index (χ2v) is 2.65. The van der Waals surface area contributed by atoms with Gasteiger partial charge in [0.2, 0.25) is 0 Å². The molecule has 5 heteroatoms. The van der Waals surface area contributed by atoms with Crippen LogP contribution >= 0.6 is 0 Å². The van der Waals surface area contributed by atoms with Gasteiger partial charge in [-0.3, -0.25) is 4.98 Å². The molecule has 1 heterocycles. The highest BCUT2D eigenvalue weighted by atomic mass is 16.6. The van der Waals surface area contributed by atoms with Crippen molar-refractivity contribution in [2.24, 2.45) is 0 Å². The lowest BCUT2D eigenvalue weighted by atomic mass is 10.3. The molecule has 0 radical (unpaired) electrons. The van der Waals surface area contributed by atoms with Gasteiger partial charge in [0.05, 0.1) is 6.61 Å². The highest BCUT2D eigenvalue weighted by molar-refractivity contribution is 6.29. The van der Waals surface area contributed by atoms with Crippen LogP contribution in [0.25, 0.3) is 0 Å². The monoisotopic (exact) mass is 239 g/mol. The van der Waals surface area contributed by atoms with E-state index in [2.05, 4.69) is 9.72 Å². The quantitative estimate of drug-likeness (QED) is 0.593. The summed E-state index contributed by atoms with van der Waals surface area (Å²) in [5.74, 6) is -1.94. The first-order chi connectivity index (χ1) is 8.24. The van der Waals surface area contributed by atoms with Crippen LogP contribution in [0.15, 0.2) is 24.5 Å². The summed E-state index contributed by atoms with van der Waals surface area (Å²) in [6, 6.07) is 3.39. The van der Waals surface area contributed by atoms with Crippen LogP contribution in [0.5, 0.6) is 0 Å². The molecule has 1 aromatic rings. The zero-order chi connectivity index (χ0) is 13.1. The molecule has 0 N–H and O–H groups in total. The molecule has 0 fully saturated rings. The molecule has 5 nitrogen and oxygen atoms in total. The molecule has 0 bridgehead atoms. The maximum Gasteiger partial charge on any atom is 0.417 e. The largest absolute Gasteiger partial charge is 0.458 e. The summed E-state index contributed by atoms with van der Waals surface area (Å²) >= 11 is 0. The van der Waals surface area contributed by atoms with Crippen LogP contribution in [0.1, 0.15) is 26.3 Å². The number of hydrogen-bond acceptors (Lipinski definition) is 5. The summed E-state index contributed by atoms with van der Waals surface area (Å²) in [4.78, 5) is 25.7. The van der Waals surface area contributed by atoms with E-state index in [-0.39, 0.29) is 13.2 Å². The van der Waals surface area contributed by atoms with E-state index >= 15 is 0 Å². The van der Waals surface area contributed by atoms with Crippen molar-refractivity contribution in [3.8, 4) is 0 Å². The van der Waals surface area contributed by atoms with E-state index in [9.17, 15) is 9.59 Å². The molecule has 0 amide bonds. The Bertz CT molecular complexity index is 338. The fourth-order valence-corrected chi connectivity index (χ4v) is 0.877. The van der Waals surface area contributed by atoms with Gasteiger partial charge in [-0.25, -0.2) is 9.59 Å². The minimum Gasteiger partial charge on any atom is -0.458 e. The van der Waals surface area contributed by atoms with Gasteiger partial charge >= 0.3 is 11.9 Å². The van der Waals surface area contributed by atoms with E-state index in [1.807, 2.05) is 13.8 Å². The van der Waals surface area contributed by atoms with E-state index in [0.717, 1.165) is 5.56 Å². The minimum atomic E-state index is -0.978. The van der Waals surface area contributed by atoms with Crippen molar-refractivity contribution in [3.63, 3.8) is 0 Å². The molecule has 0 aliphatic heterocycles. The van der Waals surface area contributed by atoms with Crippen LogP contribution in [0, 0.1) is 0 Å². The number of carbonyl (C=O) groups excluding carboxylic acids is 2. The predicted octanol–water partition coefficient (Wildman–Crippen LogP) is 1.71. The zero-order valence-corrected chi connectivity index (χ0v) is 10.3. The van der Waals surface area contributed by atoms with E-state index in [0.29, 0.717) is 0 Å². The Balaban J connectivity index is 0.00000121. The molecule has 0 atom stereocenters. The number of pyridine rings is 1. The lowest BCUT2D eigenvalue weighted by Crippen LogP contribution is -2.20. The van der Waals surface area contributed by atoms with Crippen molar-refractivity contribution in [3.05, 3.63) is 30.1 Å². The Kier molecular flexibility index (Phi) is 8.28. The van der Waals surface area contributed by atoms with E-state index < -0.39 is 11.9 Å². The molecule has 1 aromatic heterocycles. The Morgan fingerprint density at radius 3 is 2.18 bits per heavy atom. The molecule has 0 unspecified atom stereocenters. The average Bonchev–Trinajstić information content (AvgIpc) is 2.40. The zero-order valence-electron chi connectivity index (χ0n) is 10.3. The molecule has 0 saturated heterocycles. The highest BCUT2D eigenvalue weighted by Crippen LogP contribution is 1.99. The first-order valence-corrected chi connectivity index (χ1v) is 5.46. The van der Waals surface area contributed by atoms with Crippen LogP contribution in [-0.2, 0) is 25.7 Å². The van der Waals surface area contributed by atoms with Crippen LogP contribution in [-0.4, -0.2) is 23.5 Å². The lowest BCUT2D eigenvalue weighted by Gasteiger charge is -2.03. The van der Waals surface area contributed by atoms with E-state index in [4.69, 9.17) is 4.74 Å². The maximum atomic E-state index is 11.0. The van der Waals surface area contributed by atoms with Crippen molar-refractivity contribution >= 4 is 11.9 Å². The third kappa shape index (κ3) is 6.29. The fourth-order valence-electron chi connectivity index (χ4n) is 0.877. The molecule has 0 aliphatic carbocycles. The van der Waals surface area contributed by atoms with Crippen molar-refractivity contribution in [1.82, 2.24) is 4.98 Å². The van der Waals surface area contributed by atoms with Crippen molar-refractivity contribution < 1.29 is 19.1 Å². The van der Waals surface area contributed by atoms with Crippen LogP contribution in [0.3, 0.4) is 0 Å². The number of hydrogen-bond donors (Lipinski definition) is 0. The molecular formula is C12H17NO4. The summed E-state index contributed by atoms with van der Waals surface area (Å²) in [5.41, 5.74) is 0.766. The van der Waals surface area contributed by atoms with Crippen LogP contribution in [0.4, 0.5) is 0 Å². The van der Waals surface area contributed by atoms with Gasteiger partial charge in [0.25, 0.3) is 0 Å².